The van der Waals surface area contributed by atoms with E-state index >= 15 is 0 Å². The lowest BCUT2D eigenvalue weighted by atomic mass is 10.2. The fraction of sp³-hybridized carbons (Fsp3) is 0.500. The Morgan fingerprint density at radius 1 is 1.50 bits per heavy atom. The number of hydrogen-bond donors (Lipinski definition) is 2. The molecule has 0 saturated heterocycles. The van der Waals surface area contributed by atoms with E-state index < -0.39 is 0 Å². The van der Waals surface area contributed by atoms with E-state index in [1.807, 2.05) is 37.1 Å². The lowest BCUT2D eigenvalue weighted by molar-refractivity contribution is 0.267. The summed E-state index contributed by atoms with van der Waals surface area (Å²) in [5.41, 5.74) is 7.85. The molecule has 1 rings (SSSR count). The Labute approximate surface area is 96.6 Å². The van der Waals surface area contributed by atoms with Crippen LogP contribution in [0.5, 0.6) is 5.75 Å². The lowest BCUT2D eigenvalue weighted by Crippen LogP contribution is -2.37. The number of likely N-dealkylation sites (N-methyl/N-ethyl adjacent to an activating group) is 1. The van der Waals surface area contributed by atoms with E-state index in [4.69, 9.17) is 15.6 Å². The van der Waals surface area contributed by atoms with Crippen LogP contribution in [0.3, 0.4) is 0 Å². The van der Waals surface area contributed by atoms with Crippen molar-refractivity contribution in [2.75, 3.05) is 32.2 Å². The zero-order valence-electron chi connectivity index (χ0n) is 10.1. The van der Waals surface area contributed by atoms with Crippen molar-refractivity contribution in [2.24, 2.45) is 5.73 Å². The van der Waals surface area contributed by atoms with Gasteiger partial charge in [0.05, 0.1) is 13.7 Å². The molecule has 0 radical (unpaired) electrons. The van der Waals surface area contributed by atoms with Gasteiger partial charge in [0.15, 0.2) is 0 Å². The number of aryl methyl sites for hydroxylation is 1. The van der Waals surface area contributed by atoms with E-state index in [1.165, 1.54) is 0 Å². The van der Waals surface area contributed by atoms with Gasteiger partial charge in [-0.25, -0.2) is 0 Å². The van der Waals surface area contributed by atoms with Gasteiger partial charge in [0, 0.05) is 25.3 Å². The van der Waals surface area contributed by atoms with Crippen LogP contribution >= 0.6 is 0 Å². The molecule has 1 atom stereocenters. The minimum atomic E-state index is -0.215. The van der Waals surface area contributed by atoms with Crippen molar-refractivity contribution in [3.05, 3.63) is 23.8 Å². The summed E-state index contributed by atoms with van der Waals surface area (Å²) < 4.78 is 5.20. The van der Waals surface area contributed by atoms with Gasteiger partial charge < -0.3 is 20.5 Å². The standard InChI is InChI=1S/C12H20N2O2/c1-9-6-11(4-5-12(9)16-3)14(2)7-10(13)8-15/h4-6,10,15H,7-8,13H2,1-3H3. The molecule has 4 heteroatoms. The number of nitrogens with two attached hydrogens (primary N) is 1. The fourth-order valence-corrected chi connectivity index (χ4v) is 1.61. The van der Waals surface area contributed by atoms with E-state index in [-0.39, 0.29) is 12.6 Å². The van der Waals surface area contributed by atoms with Crippen molar-refractivity contribution >= 4 is 5.69 Å². The zero-order chi connectivity index (χ0) is 12.1. The molecular weight excluding hydrogens is 204 g/mol. The highest BCUT2D eigenvalue weighted by atomic mass is 16.5. The largest absolute Gasteiger partial charge is 0.496 e. The van der Waals surface area contributed by atoms with Crippen LogP contribution in [0.25, 0.3) is 0 Å². The average Bonchev–Trinajstić information content (AvgIpc) is 2.28. The molecule has 0 aliphatic carbocycles. The molecule has 0 heterocycles. The number of anilines is 1. The van der Waals surface area contributed by atoms with Crippen LogP contribution in [0.1, 0.15) is 5.56 Å². The van der Waals surface area contributed by atoms with Gasteiger partial charge in [-0.2, -0.15) is 0 Å². The summed E-state index contributed by atoms with van der Waals surface area (Å²) in [7, 11) is 3.62. The SMILES string of the molecule is COc1ccc(N(C)CC(N)CO)cc1C. The molecule has 0 bridgehead atoms. The fourth-order valence-electron chi connectivity index (χ4n) is 1.61. The monoisotopic (exact) mass is 224 g/mol. The summed E-state index contributed by atoms with van der Waals surface area (Å²) >= 11 is 0. The molecule has 90 valence electrons. The molecule has 0 fully saturated rings. The predicted molar refractivity (Wildman–Crippen MR) is 66.1 cm³/mol. The van der Waals surface area contributed by atoms with Crippen LogP contribution in [0.15, 0.2) is 18.2 Å². The first-order valence-corrected chi connectivity index (χ1v) is 5.30. The molecule has 0 aliphatic heterocycles. The van der Waals surface area contributed by atoms with Gasteiger partial charge in [0.1, 0.15) is 5.75 Å². The molecule has 1 unspecified atom stereocenters. The van der Waals surface area contributed by atoms with Gasteiger partial charge in [-0.3, -0.25) is 0 Å². The summed E-state index contributed by atoms with van der Waals surface area (Å²) in [5, 5.41) is 8.90. The molecule has 0 aromatic heterocycles. The Hall–Kier alpha value is -1.26. The van der Waals surface area contributed by atoms with Crippen molar-refractivity contribution in [1.29, 1.82) is 0 Å². The van der Waals surface area contributed by atoms with Crippen molar-refractivity contribution in [2.45, 2.75) is 13.0 Å². The second-order valence-electron chi connectivity index (χ2n) is 3.98. The van der Waals surface area contributed by atoms with Gasteiger partial charge in [-0.1, -0.05) is 0 Å². The van der Waals surface area contributed by atoms with E-state index in [9.17, 15) is 0 Å². The normalized spacial score (nSPS) is 12.3. The minimum Gasteiger partial charge on any atom is -0.496 e. The van der Waals surface area contributed by atoms with Gasteiger partial charge in [-0.15, -0.1) is 0 Å². The second kappa shape index (κ2) is 5.72. The predicted octanol–water partition coefficient (Wildman–Crippen LogP) is 0.759. The Morgan fingerprint density at radius 3 is 2.69 bits per heavy atom. The molecule has 0 spiro atoms. The van der Waals surface area contributed by atoms with Crippen LogP contribution < -0.4 is 15.4 Å². The van der Waals surface area contributed by atoms with Gasteiger partial charge in [0.25, 0.3) is 0 Å². The molecule has 1 aromatic carbocycles. The highest BCUT2D eigenvalue weighted by Gasteiger charge is 2.08. The highest BCUT2D eigenvalue weighted by Crippen LogP contribution is 2.23. The number of benzene rings is 1. The Morgan fingerprint density at radius 2 is 2.19 bits per heavy atom. The number of ether oxygens (including phenoxy) is 1. The topological polar surface area (TPSA) is 58.7 Å². The molecule has 3 N–H and O–H groups in total. The number of hydrogen-bond acceptors (Lipinski definition) is 4. The van der Waals surface area contributed by atoms with Crippen molar-refractivity contribution in [3.8, 4) is 5.75 Å². The third kappa shape index (κ3) is 3.12. The van der Waals surface area contributed by atoms with Crippen LogP contribution in [-0.4, -0.2) is 38.5 Å². The van der Waals surface area contributed by atoms with Gasteiger partial charge in [-0.05, 0) is 30.7 Å². The summed E-state index contributed by atoms with van der Waals surface area (Å²) in [6.45, 7) is 2.63. The lowest BCUT2D eigenvalue weighted by Gasteiger charge is -2.23. The van der Waals surface area contributed by atoms with Crippen LogP contribution in [0, 0.1) is 6.92 Å². The van der Waals surface area contributed by atoms with E-state index in [0.717, 1.165) is 17.0 Å². The van der Waals surface area contributed by atoms with E-state index in [2.05, 4.69) is 0 Å². The summed E-state index contributed by atoms with van der Waals surface area (Å²) in [4.78, 5) is 2.02. The minimum absolute atomic E-state index is 0.000519. The second-order valence-corrected chi connectivity index (χ2v) is 3.98. The third-order valence-electron chi connectivity index (χ3n) is 2.56. The molecule has 1 aromatic rings. The highest BCUT2D eigenvalue weighted by molar-refractivity contribution is 5.52. The maximum atomic E-state index is 8.90. The summed E-state index contributed by atoms with van der Waals surface area (Å²) in [6, 6.07) is 5.75. The smallest absolute Gasteiger partial charge is 0.121 e. The number of methoxy groups -OCH3 is 1. The molecule has 0 amide bonds. The molecular formula is C12H20N2O2. The summed E-state index contributed by atoms with van der Waals surface area (Å²) in [5.74, 6) is 0.878. The van der Waals surface area contributed by atoms with Crippen molar-refractivity contribution in [1.82, 2.24) is 0 Å². The Balaban J connectivity index is 2.76. The Kier molecular flexibility index (Phi) is 4.58. The van der Waals surface area contributed by atoms with Gasteiger partial charge >= 0.3 is 0 Å². The zero-order valence-corrected chi connectivity index (χ0v) is 10.1. The van der Waals surface area contributed by atoms with E-state index in [1.54, 1.807) is 7.11 Å². The molecule has 4 nitrogen and oxygen atoms in total. The quantitative estimate of drug-likeness (QED) is 0.775. The number of nitrogens with zero attached hydrogens (tertiary/aromatic N) is 1. The number of aliphatic hydroxyl groups is 1. The third-order valence-corrected chi connectivity index (χ3v) is 2.56. The van der Waals surface area contributed by atoms with Gasteiger partial charge in [0.2, 0.25) is 0 Å². The first-order valence-electron chi connectivity index (χ1n) is 5.30. The summed E-state index contributed by atoms with van der Waals surface area (Å²) in [6.07, 6.45) is 0. The maximum absolute atomic E-state index is 8.90. The molecule has 0 aliphatic rings. The average molecular weight is 224 g/mol. The molecule has 16 heavy (non-hydrogen) atoms. The number of rotatable bonds is 5. The van der Waals surface area contributed by atoms with E-state index in [0.29, 0.717) is 6.54 Å². The van der Waals surface area contributed by atoms with Crippen LogP contribution in [-0.2, 0) is 0 Å². The van der Waals surface area contributed by atoms with Crippen molar-refractivity contribution < 1.29 is 9.84 Å². The molecule has 0 saturated carbocycles. The Bertz CT molecular complexity index is 342. The maximum Gasteiger partial charge on any atom is 0.121 e. The van der Waals surface area contributed by atoms with Crippen LogP contribution in [0.4, 0.5) is 5.69 Å². The van der Waals surface area contributed by atoms with Crippen LogP contribution in [0.2, 0.25) is 0 Å². The number of aliphatic hydroxyl groups excluding tert-OH is 1. The first kappa shape index (κ1) is 12.8. The first-order chi connectivity index (χ1) is 7.58. The van der Waals surface area contributed by atoms with Crippen molar-refractivity contribution in [3.63, 3.8) is 0 Å².